The van der Waals surface area contributed by atoms with E-state index in [4.69, 9.17) is 4.74 Å². The third kappa shape index (κ3) is 3.66. The van der Waals surface area contributed by atoms with Gasteiger partial charge in [-0.1, -0.05) is 12.1 Å². The number of hydrogen-bond donors (Lipinski definition) is 0. The van der Waals surface area contributed by atoms with Gasteiger partial charge in [-0.05, 0) is 72.2 Å². The number of tetrazole rings is 1. The number of ether oxygens (including phenoxy) is 1. The summed E-state index contributed by atoms with van der Waals surface area (Å²) in [5.41, 5.74) is 4.54. The van der Waals surface area contributed by atoms with Crippen molar-refractivity contribution in [2.75, 3.05) is 6.61 Å². The lowest BCUT2D eigenvalue weighted by Gasteiger charge is -2.10. The van der Waals surface area contributed by atoms with Gasteiger partial charge in [0.1, 0.15) is 6.33 Å². The molecule has 3 rings (SSSR count). The molecule has 0 atom stereocenters. The van der Waals surface area contributed by atoms with Gasteiger partial charge in [-0.25, -0.2) is 9.48 Å². The zero-order valence-corrected chi connectivity index (χ0v) is 14.8. The number of Topliss-reactive ketones (excluding diaryl/α,β-unsaturated/α-hetero) is 1. The van der Waals surface area contributed by atoms with E-state index in [1.54, 1.807) is 24.3 Å². The third-order valence-corrected chi connectivity index (χ3v) is 4.17. The first-order valence-corrected chi connectivity index (χ1v) is 8.07. The molecule has 26 heavy (non-hydrogen) atoms. The van der Waals surface area contributed by atoms with E-state index in [1.807, 2.05) is 32.9 Å². The zero-order chi connectivity index (χ0) is 18.7. The van der Waals surface area contributed by atoms with Crippen molar-refractivity contribution in [3.8, 4) is 5.69 Å². The standard InChI is InChI=1S/C19H18N4O3/c1-12-7-14(3)17(8-13(12)2)18(24)10-26-19(25)15-5-4-6-16(9-15)23-11-20-21-22-23/h4-9,11H,10H2,1-3H3. The van der Waals surface area contributed by atoms with Crippen molar-refractivity contribution in [2.45, 2.75) is 20.8 Å². The summed E-state index contributed by atoms with van der Waals surface area (Å²) in [6.07, 6.45) is 1.43. The van der Waals surface area contributed by atoms with Gasteiger partial charge in [0.05, 0.1) is 11.3 Å². The Morgan fingerprint density at radius 3 is 2.54 bits per heavy atom. The molecule has 0 radical (unpaired) electrons. The van der Waals surface area contributed by atoms with E-state index in [-0.39, 0.29) is 12.4 Å². The van der Waals surface area contributed by atoms with Gasteiger partial charge < -0.3 is 4.74 Å². The second kappa shape index (κ2) is 7.26. The molecule has 0 unspecified atom stereocenters. The minimum absolute atomic E-state index is 0.226. The highest BCUT2D eigenvalue weighted by Crippen LogP contribution is 2.16. The molecule has 1 aromatic heterocycles. The first-order valence-electron chi connectivity index (χ1n) is 8.07. The summed E-state index contributed by atoms with van der Waals surface area (Å²) >= 11 is 0. The fourth-order valence-electron chi connectivity index (χ4n) is 2.61. The highest BCUT2D eigenvalue weighted by atomic mass is 16.5. The van der Waals surface area contributed by atoms with Crippen LogP contribution in [0.25, 0.3) is 5.69 Å². The summed E-state index contributed by atoms with van der Waals surface area (Å²) in [7, 11) is 0. The van der Waals surface area contributed by atoms with E-state index in [0.717, 1.165) is 16.7 Å². The van der Waals surface area contributed by atoms with Gasteiger partial charge in [0.15, 0.2) is 6.61 Å². The third-order valence-electron chi connectivity index (χ3n) is 4.17. The Labute approximate surface area is 150 Å². The van der Waals surface area contributed by atoms with Crippen LogP contribution in [0.15, 0.2) is 42.7 Å². The van der Waals surface area contributed by atoms with Crippen LogP contribution < -0.4 is 0 Å². The molecule has 2 aromatic carbocycles. The lowest BCUT2D eigenvalue weighted by atomic mass is 9.98. The maximum atomic E-state index is 12.4. The van der Waals surface area contributed by atoms with Crippen LogP contribution in [-0.2, 0) is 4.74 Å². The van der Waals surface area contributed by atoms with Gasteiger partial charge in [-0.3, -0.25) is 4.79 Å². The molecule has 0 saturated heterocycles. The summed E-state index contributed by atoms with van der Waals surface area (Å²) in [4.78, 5) is 24.7. The van der Waals surface area contributed by atoms with Gasteiger partial charge in [-0.2, -0.15) is 0 Å². The van der Waals surface area contributed by atoms with Crippen LogP contribution in [0.1, 0.15) is 37.4 Å². The van der Waals surface area contributed by atoms with Crippen LogP contribution in [0.5, 0.6) is 0 Å². The maximum absolute atomic E-state index is 12.4. The smallest absolute Gasteiger partial charge is 0.338 e. The topological polar surface area (TPSA) is 87.0 Å². The highest BCUT2D eigenvalue weighted by Gasteiger charge is 2.15. The number of carbonyl (C=O) groups excluding carboxylic acids is 2. The van der Waals surface area contributed by atoms with Crippen molar-refractivity contribution in [3.63, 3.8) is 0 Å². The fourth-order valence-corrected chi connectivity index (χ4v) is 2.61. The van der Waals surface area contributed by atoms with Gasteiger partial charge in [0.25, 0.3) is 0 Å². The van der Waals surface area contributed by atoms with Crippen molar-refractivity contribution in [2.24, 2.45) is 0 Å². The van der Waals surface area contributed by atoms with E-state index >= 15 is 0 Å². The number of carbonyl (C=O) groups is 2. The Hall–Kier alpha value is -3.35. The second-order valence-electron chi connectivity index (χ2n) is 6.06. The Morgan fingerprint density at radius 2 is 1.81 bits per heavy atom. The Balaban J connectivity index is 1.70. The first-order chi connectivity index (χ1) is 12.5. The lowest BCUT2D eigenvalue weighted by Crippen LogP contribution is -2.15. The van der Waals surface area contributed by atoms with Gasteiger partial charge in [0.2, 0.25) is 5.78 Å². The van der Waals surface area contributed by atoms with Crippen molar-refractivity contribution in [1.82, 2.24) is 20.2 Å². The Morgan fingerprint density at radius 1 is 1.04 bits per heavy atom. The normalized spacial score (nSPS) is 10.6. The summed E-state index contributed by atoms with van der Waals surface area (Å²) in [5.74, 6) is -0.801. The molecule has 0 aliphatic heterocycles. The molecule has 132 valence electrons. The summed E-state index contributed by atoms with van der Waals surface area (Å²) < 4.78 is 6.62. The van der Waals surface area contributed by atoms with E-state index in [0.29, 0.717) is 16.8 Å². The molecular formula is C19H18N4O3. The van der Waals surface area contributed by atoms with Crippen LogP contribution in [0.3, 0.4) is 0 Å². The van der Waals surface area contributed by atoms with Crippen LogP contribution in [0.4, 0.5) is 0 Å². The minimum Gasteiger partial charge on any atom is -0.454 e. The fraction of sp³-hybridized carbons (Fsp3) is 0.211. The zero-order valence-electron chi connectivity index (χ0n) is 14.8. The van der Waals surface area contributed by atoms with Gasteiger partial charge in [0, 0.05) is 5.56 Å². The Kier molecular flexibility index (Phi) is 4.88. The van der Waals surface area contributed by atoms with Crippen LogP contribution in [0, 0.1) is 20.8 Å². The molecule has 0 aliphatic rings. The molecule has 7 heteroatoms. The number of benzene rings is 2. The monoisotopic (exact) mass is 350 g/mol. The molecule has 7 nitrogen and oxygen atoms in total. The van der Waals surface area contributed by atoms with Crippen LogP contribution >= 0.6 is 0 Å². The van der Waals surface area contributed by atoms with Crippen molar-refractivity contribution >= 4 is 11.8 Å². The number of esters is 1. The van der Waals surface area contributed by atoms with E-state index in [9.17, 15) is 9.59 Å². The van der Waals surface area contributed by atoms with Gasteiger partial charge in [-0.15, -0.1) is 5.10 Å². The van der Waals surface area contributed by atoms with E-state index in [1.165, 1.54) is 11.0 Å². The van der Waals surface area contributed by atoms with Crippen LogP contribution in [0.2, 0.25) is 0 Å². The second-order valence-corrected chi connectivity index (χ2v) is 6.06. The molecule has 0 amide bonds. The number of rotatable bonds is 5. The maximum Gasteiger partial charge on any atom is 0.338 e. The molecule has 0 aliphatic carbocycles. The molecular weight excluding hydrogens is 332 g/mol. The summed E-state index contributed by atoms with van der Waals surface area (Å²) in [5, 5.41) is 10.9. The quantitative estimate of drug-likeness (QED) is 0.519. The molecule has 3 aromatic rings. The largest absolute Gasteiger partial charge is 0.454 e. The van der Waals surface area contributed by atoms with Crippen molar-refractivity contribution < 1.29 is 14.3 Å². The number of aromatic nitrogens is 4. The summed E-state index contributed by atoms with van der Waals surface area (Å²) in [6, 6.07) is 10.5. The van der Waals surface area contributed by atoms with E-state index < -0.39 is 5.97 Å². The molecule has 1 heterocycles. The molecule has 0 bridgehead atoms. The van der Waals surface area contributed by atoms with Crippen molar-refractivity contribution in [3.05, 3.63) is 70.5 Å². The van der Waals surface area contributed by atoms with Gasteiger partial charge >= 0.3 is 5.97 Å². The number of aryl methyl sites for hydroxylation is 3. The predicted octanol–water partition coefficient (Wildman–Crippen LogP) is 2.63. The van der Waals surface area contributed by atoms with Crippen molar-refractivity contribution in [1.29, 1.82) is 0 Å². The lowest BCUT2D eigenvalue weighted by molar-refractivity contribution is 0.0474. The van der Waals surface area contributed by atoms with Crippen LogP contribution in [-0.4, -0.2) is 38.6 Å². The first kappa shape index (κ1) is 17.5. The van der Waals surface area contributed by atoms with E-state index in [2.05, 4.69) is 15.5 Å². The molecule has 0 N–H and O–H groups in total. The minimum atomic E-state index is -0.574. The number of ketones is 1. The molecule has 0 fully saturated rings. The number of hydrogen-bond acceptors (Lipinski definition) is 6. The Bertz CT molecular complexity index is 965. The predicted molar refractivity (Wildman–Crippen MR) is 94.4 cm³/mol. The molecule has 0 saturated carbocycles. The average Bonchev–Trinajstić information content (AvgIpc) is 3.17. The summed E-state index contributed by atoms with van der Waals surface area (Å²) in [6.45, 7) is 5.50. The SMILES string of the molecule is Cc1cc(C)c(C(=O)COC(=O)c2cccc(-n3cnnn3)c2)cc1C. The number of nitrogens with zero attached hydrogens (tertiary/aromatic N) is 4. The highest BCUT2D eigenvalue weighted by molar-refractivity contribution is 6.00. The molecule has 0 spiro atoms. The average molecular weight is 350 g/mol.